The van der Waals surface area contributed by atoms with Crippen LogP contribution in [0.3, 0.4) is 0 Å². The highest BCUT2D eigenvalue weighted by atomic mass is 19.1. The molecule has 0 heterocycles. The molecule has 94 valence electrons. The molecule has 0 saturated carbocycles. The molecule has 0 bridgehead atoms. The molecule has 1 unspecified atom stereocenters. The first kappa shape index (κ1) is 13.6. The predicted octanol–water partition coefficient (Wildman–Crippen LogP) is 1.82. The number of rotatable bonds is 4. The Morgan fingerprint density at radius 3 is 2.35 bits per heavy atom. The number of carbonyl (C=O) groups excluding carboxylic acids is 1. The van der Waals surface area contributed by atoms with Gasteiger partial charge in [-0.3, -0.25) is 4.79 Å². The van der Waals surface area contributed by atoms with Crippen molar-refractivity contribution in [2.75, 3.05) is 6.54 Å². The molecule has 1 amide bonds. The first-order valence-electron chi connectivity index (χ1n) is 5.40. The van der Waals surface area contributed by atoms with Crippen LogP contribution in [0.2, 0.25) is 0 Å². The van der Waals surface area contributed by atoms with Crippen LogP contribution in [0.4, 0.5) is 8.78 Å². The van der Waals surface area contributed by atoms with Crippen molar-refractivity contribution in [3.8, 4) is 0 Å². The van der Waals surface area contributed by atoms with Gasteiger partial charge in [-0.15, -0.1) is 0 Å². The minimum atomic E-state index is -0.877. The van der Waals surface area contributed by atoms with Crippen LogP contribution in [0.15, 0.2) is 18.2 Å². The molecule has 0 saturated heterocycles. The minimum Gasteiger partial charge on any atom is -0.345 e. The normalized spacial score (nSPS) is 14.2. The number of carbonyl (C=O) groups is 1. The molecule has 0 aliphatic rings. The van der Waals surface area contributed by atoms with E-state index in [0.717, 1.165) is 12.1 Å². The second-order valence-electron chi connectivity index (χ2n) is 4.17. The number of hydrogen-bond donors (Lipinski definition) is 2. The summed E-state index contributed by atoms with van der Waals surface area (Å²) in [6.07, 6.45) is 0.575. The average molecular weight is 242 g/mol. The molecule has 0 spiro atoms. The molecule has 0 radical (unpaired) electrons. The number of nitrogens with two attached hydrogens (primary N) is 1. The second kappa shape index (κ2) is 5.23. The number of hydrogen-bond acceptors (Lipinski definition) is 2. The number of halogens is 2. The number of amides is 1. The standard InChI is InChI=1S/C12H16F2N2O/c1-3-12(2,7-15)16-11(17)10-8(13)5-4-6-9(10)14/h4-6H,3,7,15H2,1-2H3,(H,16,17). The van der Waals surface area contributed by atoms with Crippen LogP contribution in [0, 0.1) is 11.6 Å². The smallest absolute Gasteiger partial charge is 0.257 e. The van der Waals surface area contributed by atoms with Gasteiger partial charge >= 0.3 is 0 Å². The van der Waals surface area contributed by atoms with E-state index in [0.29, 0.717) is 6.42 Å². The van der Waals surface area contributed by atoms with E-state index in [-0.39, 0.29) is 6.54 Å². The minimum absolute atomic E-state index is 0.200. The molecule has 5 heteroatoms. The van der Waals surface area contributed by atoms with E-state index in [1.165, 1.54) is 6.07 Å². The maximum atomic E-state index is 13.4. The SMILES string of the molecule is CCC(C)(CN)NC(=O)c1c(F)cccc1F. The molecule has 1 atom stereocenters. The number of nitrogens with one attached hydrogen (secondary N) is 1. The molecule has 0 aliphatic carbocycles. The van der Waals surface area contributed by atoms with E-state index >= 15 is 0 Å². The van der Waals surface area contributed by atoms with E-state index in [4.69, 9.17) is 5.73 Å². The molecule has 17 heavy (non-hydrogen) atoms. The molecule has 0 aliphatic heterocycles. The Morgan fingerprint density at radius 1 is 1.41 bits per heavy atom. The van der Waals surface area contributed by atoms with Gasteiger partial charge in [-0.05, 0) is 25.5 Å². The zero-order chi connectivity index (χ0) is 13.1. The second-order valence-corrected chi connectivity index (χ2v) is 4.17. The van der Waals surface area contributed by atoms with Gasteiger partial charge < -0.3 is 11.1 Å². The highest BCUT2D eigenvalue weighted by molar-refractivity contribution is 5.95. The summed E-state index contributed by atoms with van der Waals surface area (Å²) in [5.74, 6) is -2.54. The lowest BCUT2D eigenvalue weighted by Gasteiger charge is -2.28. The lowest BCUT2D eigenvalue weighted by Crippen LogP contribution is -2.51. The van der Waals surface area contributed by atoms with Crippen molar-refractivity contribution in [3.05, 3.63) is 35.4 Å². The van der Waals surface area contributed by atoms with Crippen molar-refractivity contribution < 1.29 is 13.6 Å². The zero-order valence-corrected chi connectivity index (χ0v) is 9.89. The lowest BCUT2D eigenvalue weighted by atomic mass is 9.98. The van der Waals surface area contributed by atoms with Crippen molar-refractivity contribution in [1.29, 1.82) is 0 Å². The third kappa shape index (κ3) is 3.00. The zero-order valence-electron chi connectivity index (χ0n) is 9.89. The maximum absolute atomic E-state index is 13.4. The summed E-state index contributed by atoms with van der Waals surface area (Å²) < 4.78 is 26.7. The van der Waals surface area contributed by atoms with Gasteiger partial charge in [0.05, 0.1) is 0 Å². The largest absolute Gasteiger partial charge is 0.345 e. The van der Waals surface area contributed by atoms with E-state index < -0.39 is 28.6 Å². The van der Waals surface area contributed by atoms with Crippen LogP contribution in [0.1, 0.15) is 30.6 Å². The van der Waals surface area contributed by atoms with Crippen LogP contribution in [-0.2, 0) is 0 Å². The van der Waals surface area contributed by atoms with Crippen molar-refractivity contribution in [3.63, 3.8) is 0 Å². The Bertz CT molecular complexity index is 397. The van der Waals surface area contributed by atoms with Gasteiger partial charge in [0.1, 0.15) is 17.2 Å². The fraction of sp³-hybridized carbons (Fsp3) is 0.417. The quantitative estimate of drug-likeness (QED) is 0.846. The van der Waals surface area contributed by atoms with Crippen LogP contribution >= 0.6 is 0 Å². The predicted molar refractivity (Wildman–Crippen MR) is 61.6 cm³/mol. The lowest BCUT2D eigenvalue weighted by molar-refractivity contribution is 0.0898. The summed E-state index contributed by atoms with van der Waals surface area (Å²) in [6, 6.07) is 3.30. The van der Waals surface area contributed by atoms with Gasteiger partial charge in [-0.25, -0.2) is 8.78 Å². The average Bonchev–Trinajstić information content (AvgIpc) is 2.28. The van der Waals surface area contributed by atoms with Gasteiger partial charge in [0, 0.05) is 12.1 Å². The molecule has 3 N–H and O–H groups in total. The maximum Gasteiger partial charge on any atom is 0.257 e. The van der Waals surface area contributed by atoms with Gasteiger partial charge in [-0.2, -0.15) is 0 Å². The van der Waals surface area contributed by atoms with E-state index in [1.54, 1.807) is 6.92 Å². The molecule has 1 rings (SSSR count). The monoisotopic (exact) mass is 242 g/mol. The van der Waals surface area contributed by atoms with Gasteiger partial charge in [0.25, 0.3) is 5.91 Å². The third-order valence-corrected chi connectivity index (χ3v) is 2.84. The summed E-state index contributed by atoms with van der Waals surface area (Å²) in [7, 11) is 0. The third-order valence-electron chi connectivity index (χ3n) is 2.84. The van der Waals surface area contributed by atoms with E-state index in [1.807, 2.05) is 6.92 Å². The Kier molecular flexibility index (Phi) is 4.17. The first-order chi connectivity index (χ1) is 7.93. The summed E-state index contributed by atoms with van der Waals surface area (Å²) in [6.45, 7) is 3.76. The van der Waals surface area contributed by atoms with E-state index in [2.05, 4.69) is 5.32 Å². The Labute approximate surface area is 99.0 Å². The Hall–Kier alpha value is -1.49. The van der Waals surface area contributed by atoms with Crippen molar-refractivity contribution in [2.45, 2.75) is 25.8 Å². The Balaban J connectivity index is 2.98. The van der Waals surface area contributed by atoms with Gasteiger partial charge in [0.15, 0.2) is 0 Å². The molecule has 3 nitrogen and oxygen atoms in total. The molecule has 0 aromatic heterocycles. The van der Waals surface area contributed by atoms with Crippen molar-refractivity contribution in [2.24, 2.45) is 5.73 Å². The topological polar surface area (TPSA) is 55.1 Å². The summed E-state index contributed by atoms with van der Waals surface area (Å²) in [5.41, 5.74) is 4.29. The fourth-order valence-electron chi connectivity index (χ4n) is 1.34. The number of benzene rings is 1. The first-order valence-corrected chi connectivity index (χ1v) is 5.40. The van der Waals surface area contributed by atoms with Crippen LogP contribution < -0.4 is 11.1 Å². The Morgan fingerprint density at radius 2 is 1.94 bits per heavy atom. The highest BCUT2D eigenvalue weighted by Crippen LogP contribution is 2.14. The summed E-state index contributed by atoms with van der Waals surface area (Å²) in [5, 5.41) is 2.55. The molecule has 1 aromatic carbocycles. The summed E-state index contributed by atoms with van der Waals surface area (Å²) >= 11 is 0. The van der Waals surface area contributed by atoms with E-state index in [9.17, 15) is 13.6 Å². The highest BCUT2D eigenvalue weighted by Gasteiger charge is 2.26. The van der Waals surface area contributed by atoms with Gasteiger partial charge in [-0.1, -0.05) is 13.0 Å². The fourth-order valence-corrected chi connectivity index (χ4v) is 1.34. The van der Waals surface area contributed by atoms with Crippen molar-refractivity contribution in [1.82, 2.24) is 5.32 Å². The van der Waals surface area contributed by atoms with Crippen LogP contribution in [-0.4, -0.2) is 18.0 Å². The van der Waals surface area contributed by atoms with Crippen molar-refractivity contribution >= 4 is 5.91 Å². The molecule has 1 aromatic rings. The molecular weight excluding hydrogens is 226 g/mol. The van der Waals surface area contributed by atoms with Gasteiger partial charge in [0.2, 0.25) is 0 Å². The molecular formula is C12H16F2N2O. The molecule has 0 fully saturated rings. The van der Waals surface area contributed by atoms with Crippen LogP contribution in [0.5, 0.6) is 0 Å². The van der Waals surface area contributed by atoms with Crippen LogP contribution in [0.25, 0.3) is 0 Å². The summed E-state index contributed by atoms with van der Waals surface area (Å²) in [4.78, 5) is 11.8.